The number of rotatable bonds is 8. The molecule has 0 spiro atoms. The summed E-state index contributed by atoms with van der Waals surface area (Å²) in [5.41, 5.74) is -0.980. The van der Waals surface area contributed by atoms with Crippen molar-refractivity contribution in [3.8, 4) is 0 Å². The zero-order chi connectivity index (χ0) is 25.6. The molecular formula is C23H25F3N4O5. The first-order chi connectivity index (χ1) is 16.6. The van der Waals surface area contributed by atoms with Gasteiger partial charge in [-0.2, -0.15) is 13.2 Å². The molecule has 1 heterocycles. The number of benzene rings is 2. The molecule has 2 aromatic rings. The van der Waals surface area contributed by atoms with Crippen LogP contribution in [-0.4, -0.2) is 50.1 Å². The minimum atomic E-state index is -4.69. The predicted octanol–water partition coefficient (Wildman–Crippen LogP) is 3.84. The third-order valence-corrected chi connectivity index (χ3v) is 5.73. The summed E-state index contributed by atoms with van der Waals surface area (Å²) >= 11 is 0. The molecule has 2 aromatic carbocycles. The molecule has 12 heteroatoms. The average Bonchev–Trinajstić information content (AvgIpc) is 2.83. The van der Waals surface area contributed by atoms with Crippen molar-refractivity contribution < 1.29 is 32.4 Å². The summed E-state index contributed by atoms with van der Waals surface area (Å²) in [4.78, 5) is 37.5. The van der Waals surface area contributed by atoms with Crippen LogP contribution in [0.2, 0.25) is 0 Å². The van der Waals surface area contributed by atoms with Crippen LogP contribution in [0.15, 0.2) is 42.5 Å². The molecule has 35 heavy (non-hydrogen) atoms. The van der Waals surface area contributed by atoms with Crippen molar-refractivity contribution >= 4 is 28.9 Å². The Morgan fingerprint density at radius 2 is 1.86 bits per heavy atom. The highest BCUT2D eigenvalue weighted by Crippen LogP contribution is 2.37. The molecule has 1 aliphatic heterocycles. The van der Waals surface area contributed by atoms with E-state index in [2.05, 4.69) is 10.6 Å². The van der Waals surface area contributed by atoms with E-state index in [1.54, 1.807) is 29.2 Å². The number of alkyl halides is 3. The maximum atomic E-state index is 13.0. The van der Waals surface area contributed by atoms with Gasteiger partial charge in [0.05, 0.1) is 28.3 Å². The first-order valence-electron chi connectivity index (χ1n) is 10.9. The van der Waals surface area contributed by atoms with E-state index in [-0.39, 0.29) is 30.6 Å². The number of hydrogen-bond donors (Lipinski definition) is 2. The van der Waals surface area contributed by atoms with Gasteiger partial charge in [-0.25, -0.2) is 0 Å². The Morgan fingerprint density at radius 1 is 1.17 bits per heavy atom. The van der Waals surface area contributed by atoms with Crippen LogP contribution in [0.25, 0.3) is 0 Å². The van der Waals surface area contributed by atoms with Gasteiger partial charge in [0.1, 0.15) is 5.69 Å². The number of methoxy groups -OCH3 is 1. The van der Waals surface area contributed by atoms with Gasteiger partial charge in [-0.15, -0.1) is 0 Å². The minimum absolute atomic E-state index is 0.0833. The number of para-hydroxylation sites is 1. The van der Waals surface area contributed by atoms with Gasteiger partial charge in [0, 0.05) is 38.7 Å². The van der Waals surface area contributed by atoms with Crippen LogP contribution in [0, 0.1) is 16.0 Å². The average molecular weight is 494 g/mol. The Hall–Kier alpha value is -3.67. The molecule has 0 aliphatic carbocycles. The first kappa shape index (κ1) is 25.9. The van der Waals surface area contributed by atoms with Crippen LogP contribution in [0.4, 0.5) is 30.2 Å². The molecule has 0 atom stereocenters. The summed E-state index contributed by atoms with van der Waals surface area (Å²) in [5, 5.41) is 16.9. The molecule has 9 nitrogen and oxygen atoms in total. The van der Waals surface area contributed by atoms with Gasteiger partial charge in [0.2, 0.25) is 5.91 Å². The topological polar surface area (TPSA) is 114 Å². The molecule has 1 aliphatic rings. The number of nitrogens with zero attached hydrogens (tertiary/aromatic N) is 2. The van der Waals surface area contributed by atoms with E-state index in [4.69, 9.17) is 4.74 Å². The standard InChI is InChI=1S/C23H25F3N4O5/c1-35-13-10-27-22(32)17-4-2-3-5-18(17)28-21(31)15-8-11-29(12-9-15)19-7-6-16(23(24,25)26)14-20(19)30(33)34/h2-7,14-15H,8-13H2,1H3,(H,27,32)(H,28,31). The van der Waals surface area contributed by atoms with E-state index in [9.17, 15) is 32.9 Å². The molecule has 0 bridgehead atoms. The Morgan fingerprint density at radius 3 is 2.49 bits per heavy atom. The van der Waals surface area contributed by atoms with E-state index in [1.165, 1.54) is 7.11 Å². The van der Waals surface area contributed by atoms with Gasteiger partial charge in [-0.3, -0.25) is 19.7 Å². The lowest BCUT2D eigenvalue weighted by molar-refractivity contribution is -0.384. The van der Waals surface area contributed by atoms with E-state index in [1.807, 2.05) is 0 Å². The molecule has 3 rings (SSSR count). The number of hydrogen-bond acceptors (Lipinski definition) is 6. The third kappa shape index (κ3) is 6.47. The van der Waals surface area contributed by atoms with Gasteiger partial charge >= 0.3 is 6.18 Å². The molecule has 2 amide bonds. The number of anilines is 2. The minimum Gasteiger partial charge on any atom is -0.383 e. The summed E-state index contributed by atoms with van der Waals surface area (Å²) < 4.78 is 43.8. The van der Waals surface area contributed by atoms with E-state index < -0.39 is 28.3 Å². The molecule has 1 fully saturated rings. The van der Waals surface area contributed by atoms with Crippen molar-refractivity contribution in [2.24, 2.45) is 5.92 Å². The van der Waals surface area contributed by atoms with Gasteiger partial charge in [-0.1, -0.05) is 12.1 Å². The zero-order valence-electron chi connectivity index (χ0n) is 18.9. The van der Waals surface area contributed by atoms with Crippen LogP contribution >= 0.6 is 0 Å². The Labute approximate surface area is 199 Å². The van der Waals surface area contributed by atoms with Gasteiger partial charge in [-0.05, 0) is 37.1 Å². The van der Waals surface area contributed by atoms with Crippen LogP contribution in [0.1, 0.15) is 28.8 Å². The molecule has 188 valence electrons. The van der Waals surface area contributed by atoms with Crippen molar-refractivity contribution in [3.63, 3.8) is 0 Å². The highest BCUT2D eigenvalue weighted by Gasteiger charge is 2.35. The number of nitro benzene ring substituents is 1. The van der Waals surface area contributed by atoms with Gasteiger partial charge in [0.15, 0.2) is 0 Å². The smallest absolute Gasteiger partial charge is 0.383 e. The largest absolute Gasteiger partial charge is 0.416 e. The second-order valence-electron chi connectivity index (χ2n) is 8.00. The predicted molar refractivity (Wildman–Crippen MR) is 122 cm³/mol. The summed E-state index contributed by atoms with van der Waals surface area (Å²) in [5.74, 6) is -1.09. The molecule has 0 radical (unpaired) electrons. The highest BCUT2D eigenvalue weighted by atomic mass is 19.4. The number of nitrogens with one attached hydrogen (secondary N) is 2. The highest BCUT2D eigenvalue weighted by molar-refractivity contribution is 6.04. The lowest BCUT2D eigenvalue weighted by Crippen LogP contribution is -2.38. The van der Waals surface area contributed by atoms with Crippen LogP contribution in [0.5, 0.6) is 0 Å². The number of carbonyl (C=O) groups excluding carboxylic acids is 2. The fraction of sp³-hybridized carbons (Fsp3) is 0.391. The van der Waals surface area contributed by atoms with Crippen molar-refractivity contribution in [2.75, 3.05) is 43.6 Å². The van der Waals surface area contributed by atoms with Crippen molar-refractivity contribution in [1.82, 2.24) is 5.32 Å². The fourth-order valence-electron chi connectivity index (χ4n) is 3.88. The zero-order valence-corrected chi connectivity index (χ0v) is 18.9. The van der Waals surface area contributed by atoms with Crippen molar-refractivity contribution in [3.05, 3.63) is 63.7 Å². The van der Waals surface area contributed by atoms with E-state index in [0.717, 1.165) is 12.1 Å². The molecular weight excluding hydrogens is 469 g/mol. The SMILES string of the molecule is COCCNC(=O)c1ccccc1NC(=O)C1CCN(c2ccc(C(F)(F)F)cc2[N+](=O)[O-])CC1. The van der Waals surface area contributed by atoms with Crippen molar-refractivity contribution in [1.29, 1.82) is 0 Å². The molecule has 0 unspecified atom stereocenters. The lowest BCUT2D eigenvalue weighted by atomic mass is 9.95. The lowest BCUT2D eigenvalue weighted by Gasteiger charge is -2.32. The van der Waals surface area contributed by atoms with Crippen LogP contribution in [-0.2, 0) is 15.7 Å². The number of nitro groups is 1. The Bertz CT molecular complexity index is 1090. The summed E-state index contributed by atoms with van der Waals surface area (Å²) in [6, 6.07) is 9.01. The van der Waals surface area contributed by atoms with E-state index in [0.29, 0.717) is 43.3 Å². The molecule has 2 N–H and O–H groups in total. The van der Waals surface area contributed by atoms with Crippen LogP contribution < -0.4 is 15.5 Å². The molecule has 0 saturated carbocycles. The van der Waals surface area contributed by atoms with Gasteiger partial charge in [0.25, 0.3) is 11.6 Å². The first-order valence-corrected chi connectivity index (χ1v) is 10.9. The maximum absolute atomic E-state index is 13.0. The van der Waals surface area contributed by atoms with Crippen molar-refractivity contribution in [2.45, 2.75) is 19.0 Å². The normalized spacial score (nSPS) is 14.5. The number of amides is 2. The fourth-order valence-corrected chi connectivity index (χ4v) is 3.88. The Balaban J connectivity index is 1.66. The maximum Gasteiger partial charge on any atom is 0.416 e. The number of ether oxygens (including phenoxy) is 1. The monoisotopic (exact) mass is 494 g/mol. The Kier molecular flexibility index (Phi) is 8.28. The second-order valence-corrected chi connectivity index (χ2v) is 8.00. The number of halogens is 3. The number of piperidine rings is 1. The summed E-state index contributed by atoms with van der Waals surface area (Å²) in [7, 11) is 1.52. The quantitative estimate of drug-likeness (QED) is 0.328. The molecule has 0 aromatic heterocycles. The third-order valence-electron chi connectivity index (χ3n) is 5.73. The van der Waals surface area contributed by atoms with E-state index >= 15 is 0 Å². The second kappa shape index (κ2) is 11.2. The number of carbonyl (C=O) groups is 2. The van der Waals surface area contributed by atoms with Gasteiger partial charge < -0.3 is 20.3 Å². The summed E-state index contributed by atoms with van der Waals surface area (Å²) in [6.07, 6.45) is -4.01. The molecule has 1 saturated heterocycles. The summed E-state index contributed by atoms with van der Waals surface area (Å²) in [6.45, 7) is 1.16. The van der Waals surface area contributed by atoms with Crippen LogP contribution in [0.3, 0.4) is 0 Å².